The second-order valence-electron chi connectivity index (χ2n) is 5.37. The molecular formula is C12H20N4. The van der Waals surface area contributed by atoms with E-state index in [-0.39, 0.29) is 5.41 Å². The van der Waals surface area contributed by atoms with E-state index in [0.717, 1.165) is 0 Å². The first kappa shape index (κ1) is 14.6. The van der Waals surface area contributed by atoms with Crippen molar-refractivity contribution in [1.29, 1.82) is 10.5 Å². The Hall–Kier alpha value is -1.42. The largest absolute Gasteiger partial charge is 0.196 e. The number of hydrogen-bond acceptors (Lipinski definition) is 4. The van der Waals surface area contributed by atoms with Crippen LogP contribution < -0.4 is 0 Å². The lowest BCUT2D eigenvalue weighted by molar-refractivity contribution is 0.255. The third-order valence-electron chi connectivity index (χ3n) is 3.08. The fourth-order valence-corrected chi connectivity index (χ4v) is 0.723. The van der Waals surface area contributed by atoms with Crippen molar-refractivity contribution in [3.8, 4) is 12.1 Å². The van der Waals surface area contributed by atoms with Gasteiger partial charge in [-0.05, 0) is 20.3 Å². The van der Waals surface area contributed by atoms with Crippen LogP contribution in [0.4, 0.5) is 0 Å². The Labute approximate surface area is 98.0 Å². The summed E-state index contributed by atoms with van der Waals surface area (Å²) in [5.74, 6) is 0. The summed E-state index contributed by atoms with van der Waals surface area (Å²) in [4.78, 5) is 0. The van der Waals surface area contributed by atoms with Gasteiger partial charge < -0.3 is 0 Å². The standard InChI is InChI=1S/C12H20N4/c1-7-11(5,8-13)15-16-12(6,9-14)10(2,3)4/h7H2,1-6H3. The summed E-state index contributed by atoms with van der Waals surface area (Å²) in [6.07, 6.45) is 0.582. The zero-order valence-corrected chi connectivity index (χ0v) is 11.0. The average molecular weight is 220 g/mol. The highest BCUT2D eigenvalue weighted by Gasteiger charge is 2.39. The normalized spacial score (nSPS) is 19.5. The van der Waals surface area contributed by atoms with Gasteiger partial charge in [-0.1, -0.05) is 27.7 Å². The van der Waals surface area contributed by atoms with Gasteiger partial charge in [0.25, 0.3) is 0 Å². The summed E-state index contributed by atoms with van der Waals surface area (Å²) in [7, 11) is 0. The Morgan fingerprint density at radius 2 is 1.44 bits per heavy atom. The highest BCUT2D eigenvalue weighted by Crippen LogP contribution is 2.34. The third-order valence-corrected chi connectivity index (χ3v) is 3.08. The van der Waals surface area contributed by atoms with Crippen LogP contribution in [-0.2, 0) is 0 Å². The molecule has 2 unspecified atom stereocenters. The van der Waals surface area contributed by atoms with Crippen molar-refractivity contribution in [3.63, 3.8) is 0 Å². The molecule has 0 heterocycles. The molecule has 0 saturated carbocycles. The van der Waals surface area contributed by atoms with Crippen LogP contribution in [0.5, 0.6) is 0 Å². The molecule has 0 aliphatic rings. The predicted molar refractivity (Wildman–Crippen MR) is 62.6 cm³/mol. The van der Waals surface area contributed by atoms with E-state index in [1.54, 1.807) is 13.8 Å². The average Bonchev–Trinajstić information content (AvgIpc) is 2.23. The van der Waals surface area contributed by atoms with Crippen molar-refractivity contribution in [2.24, 2.45) is 15.6 Å². The van der Waals surface area contributed by atoms with Gasteiger partial charge in [-0.2, -0.15) is 20.8 Å². The summed E-state index contributed by atoms with van der Waals surface area (Å²) in [6, 6.07) is 4.28. The number of rotatable bonds is 3. The van der Waals surface area contributed by atoms with Crippen LogP contribution in [0.25, 0.3) is 0 Å². The predicted octanol–water partition coefficient (Wildman–Crippen LogP) is 3.46. The molecule has 0 aromatic carbocycles. The monoisotopic (exact) mass is 220 g/mol. The van der Waals surface area contributed by atoms with E-state index < -0.39 is 11.1 Å². The molecular weight excluding hydrogens is 200 g/mol. The van der Waals surface area contributed by atoms with Gasteiger partial charge in [0.1, 0.15) is 0 Å². The molecule has 0 radical (unpaired) electrons. The number of azo groups is 1. The highest BCUT2D eigenvalue weighted by molar-refractivity contribution is 5.12. The van der Waals surface area contributed by atoms with Crippen molar-refractivity contribution in [2.75, 3.05) is 0 Å². The maximum Gasteiger partial charge on any atom is 0.169 e. The van der Waals surface area contributed by atoms with Crippen molar-refractivity contribution >= 4 is 0 Å². The second kappa shape index (κ2) is 4.61. The van der Waals surface area contributed by atoms with E-state index >= 15 is 0 Å². The van der Waals surface area contributed by atoms with Gasteiger partial charge in [0.15, 0.2) is 11.1 Å². The fraction of sp³-hybridized carbons (Fsp3) is 0.833. The lowest BCUT2D eigenvalue weighted by Crippen LogP contribution is -2.36. The molecule has 2 atom stereocenters. The molecule has 16 heavy (non-hydrogen) atoms. The molecule has 0 aliphatic heterocycles. The summed E-state index contributed by atoms with van der Waals surface area (Å²) >= 11 is 0. The summed E-state index contributed by atoms with van der Waals surface area (Å²) < 4.78 is 0. The molecule has 0 amide bonds. The van der Waals surface area contributed by atoms with Crippen molar-refractivity contribution in [2.45, 2.75) is 59.0 Å². The zero-order valence-electron chi connectivity index (χ0n) is 11.0. The first-order valence-corrected chi connectivity index (χ1v) is 5.41. The van der Waals surface area contributed by atoms with Crippen LogP contribution >= 0.6 is 0 Å². The van der Waals surface area contributed by atoms with Gasteiger partial charge in [0.2, 0.25) is 0 Å². The second-order valence-corrected chi connectivity index (χ2v) is 5.37. The summed E-state index contributed by atoms with van der Waals surface area (Å²) in [5.41, 5.74) is -2.04. The molecule has 0 bridgehead atoms. The van der Waals surface area contributed by atoms with Crippen LogP contribution in [0.2, 0.25) is 0 Å². The molecule has 0 saturated heterocycles. The minimum Gasteiger partial charge on any atom is -0.196 e. The molecule has 0 aromatic rings. The first-order valence-electron chi connectivity index (χ1n) is 5.41. The van der Waals surface area contributed by atoms with Gasteiger partial charge in [-0.25, -0.2) is 0 Å². The first-order chi connectivity index (χ1) is 7.14. The Morgan fingerprint density at radius 3 is 1.69 bits per heavy atom. The highest BCUT2D eigenvalue weighted by atomic mass is 15.2. The van der Waals surface area contributed by atoms with E-state index in [1.807, 2.05) is 27.7 Å². The molecule has 0 N–H and O–H groups in total. The maximum absolute atomic E-state index is 9.18. The van der Waals surface area contributed by atoms with Gasteiger partial charge in [0.05, 0.1) is 12.1 Å². The third kappa shape index (κ3) is 3.03. The van der Waals surface area contributed by atoms with Crippen molar-refractivity contribution in [3.05, 3.63) is 0 Å². The van der Waals surface area contributed by atoms with E-state index in [0.29, 0.717) is 6.42 Å². The lowest BCUT2D eigenvalue weighted by Gasteiger charge is -2.31. The lowest BCUT2D eigenvalue weighted by atomic mass is 9.76. The van der Waals surface area contributed by atoms with Crippen molar-refractivity contribution < 1.29 is 0 Å². The minimum atomic E-state index is -0.902. The van der Waals surface area contributed by atoms with Crippen LogP contribution in [-0.4, -0.2) is 11.1 Å². The SMILES string of the molecule is CCC(C)(C#N)N=NC(C)(C#N)C(C)(C)C. The molecule has 0 fully saturated rings. The van der Waals surface area contributed by atoms with Crippen LogP contribution in [0.3, 0.4) is 0 Å². The molecule has 88 valence electrons. The van der Waals surface area contributed by atoms with Crippen LogP contribution in [0.1, 0.15) is 48.0 Å². The van der Waals surface area contributed by atoms with E-state index in [1.165, 1.54) is 0 Å². The van der Waals surface area contributed by atoms with E-state index in [2.05, 4.69) is 22.4 Å². The number of hydrogen-bond donors (Lipinski definition) is 0. The zero-order chi connectivity index (χ0) is 13.0. The molecule has 0 rings (SSSR count). The molecule has 4 heteroatoms. The van der Waals surface area contributed by atoms with E-state index in [4.69, 9.17) is 5.26 Å². The quantitative estimate of drug-likeness (QED) is 0.683. The van der Waals surface area contributed by atoms with Crippen molar-refractivity contribution in [1.82, 2.24) is 0 Å². The summed E-state index contributed by atoms with van der Waals surface area (Å²) in [5, 5.41) is 26.3. The number of nitrogens with zero attached hydrogens (tertiary/aromatic N) is 4. The Morgan fingerprint density at radius 1 is 0.938 bits per heavy atom. The topological polar surface area (TPSA) is 72.3 Å². The Bertz CT molecular complexity index is 353. The molecule has 0 aromatic heterocycles. The minimum absolute atomic E-state index is 0.310. The Balaban J connectivity index is 5.19. The molecule has 0 spiro atoms. The number of nitriles is 2. The smallest absolute Gasteiger partial charge is 0.169 e. The van der Waals surface area contributed by atoms with Gasteiger partial charge in [-0.3, -0.25) is 0 Å². The van der Waals surface area contributed by atoms with Gasteiger partial charge >= 0.3 is 0 Å². The van der Waals surface area contributed by atoms with Crippen LogP contribution in [0.15, 0.2) is 10.2 Å². The Kier molecular flexibility index (Phi) is 4.21. The molecule has 4 nitrogen and oxygen atoms in total. The van der Waals surface area contributed by atoms with Gasteiger partial charge in [0, 0.05) is 5.41 Å². The van der Waals surface area contributed by atoms with E-state index in [9.17, 15) is 5.26 Å². The molecule has 0 aliphatic carbocycles. The fourth-order valence-electron chi connectivity index (χ4n) is 0.723. The summed E-state index contributed by atoms with van der Waals surface area (Å²) in [6.45, 7) is 11.1. The van der Waals surface area contributed by atoms with Crippen LogP contribution in [0, 0.1) is 28.1 Å². The van der Waals surface area contributed by atoms with Gasteiger partial charge in [-0.15, -0.1) is 0 Å². The maximum atomic E-state index is 9.18.